The summed E-state index contributed by atoms with van der Waals surface area (Å²) in [4.78, 5) is 33.6. The predicted molar refractivity (Wildman–Crippen MR) is 85.9 cm³/mol. The summed E-state index contributed by atoms with van der Waals surface area (Å²) in [6.07, 6.45) is 0. The summed E-state index contributed by atoms with van der Waals surface area (Å²) in [7, 11) is 2.30. The van der Waals surface area contributed by atoms with Gasteiger partial charge in [-0.05, 0) is 12.1 Å². The Labute approximate surface area is 135 Å². The van der Waals surface area contributed by atoms with Gasteiger partial charge >= 0.3 is 11.9 Å². The Morgan fingerprint density at radius 2 is 1.64 bits per heavy atom. The summed E-state index contributed by atoms with van der Waals surface area (Å²) in [5.74, 6) is -2.48. The number of hydrogen-bond donors (Lipinski definition) is 4. The molecular formula is C13H16N2O5S2. The number of carbonyl (C=O) groups is 3. The fourth-order valence-corrected chi connectivity index (χ4v) is 3.58. The van der Waals surface area contributed by atoms with Gasteiger partial charge in [-0.2, -0.15) is 0 Å². The summed E-state index contributed by atoms with van der Waals surface area (Å²) >= 11 is 0. The van der Waals surface area contributed by atoms with E-state index in [4.69, 9.17) is 15.9 Å². The molecule has 0 aromatic heterocycles. The molecule has 0 spiro atoms. The highest BCUT2D eigenvalue weighted by Crippen LogP contribution is 2.22. The second-order valence-corrected chi connectivity index (χ2v) is 6.80. The molecule has 0 fully saturated rings. The summed E-state index contributed by atoms with van der Waals surface area (Å²) in [6, 6.07) is 6.23. The van der Waals surface area contributed by atoms with Crippen molar-refractivity contribution in [3.63, 3.8) is 0 Å². The third kappa shape index (κ3) is 6.37. The number of benzene rings is 1. The third-order valence-corrected chi connectivity index (χ3v) is 4.97. The molecule has 1 aromatic carbocycles. The van der Waals surface area contributed by atoms with E-state index in [1.807, 2.05) is 0 Å². The van der Waals surface area contributed by atoms with E-state index in [1.54, 1.807) is 30.3 Å². The van der Waals surface area contributed by atoms with Gasteiger partial charge in [-0.3, -0.25) is 9.59 Å². The molecule has 5 N–H and O–H groups in total. The van der Waals surface area contributed by atoms with Gasteiger partial charge in [-0.15, -0.1) is 0 Å². The van der Waals surface area contributed by atoms with Crippen LogP contribution in [0.5, 0.6) is 0 Å². The van der Waals surface area contributed by atoms with Crippen molar-refractivity contribution in [2.75, 3.05) is 11.5 Å². The second kappa shape index (κ2) is 9.34. The Kier molecular flexibility index (Phi) is 7.78. The van der Waals surface area contributed by atoms with Gasteiger partial charge in [0.25, 0.3) is 5.91 Å². The lowest BCUT2D eigenvalue weighted by Gasteiger charge is -2.14. The molecule has 120 valence electrons. The number of nitrogens with two attached hydrogens (primary N) is 1. The number of hydrogen-bond acceptors (Lipinski definition) is 6. The number of amides is 1. The van der Waals surface area contributed by atoms with E-state index in [2.05, 4.69) is 5.32 Å². The van der Waals surface area contributed by atoms with Crippen LogP contribution >= 0.6 is 21.6 Å². The largest absolute Gasteiger partial charge is 0.480 e. The summed E-state index contributed by atoms with van der Waals surface area (Å²) < 4.78 is 0. The Bertz CT molecular complexity index is 526. The van der Waals surface area contributed by atoms with E-state index >= 15 is 0 Å². The Balaban J connectivity index is 2.44. The van der Waals surface area contributed by atoms with Crippen molar-refractivity contribution in [3.05, 3.63) is 35.9 Å². The maximum absolute atomic E-state index is 11.9. The number of rotatable bonds is 9. The van der Waals surface area contributed by atoms with E-state index in [-0.39, 0.29) is 11.5 Å². The van der Waals surface area contributed by atoms with Crippen molar-refractivity contribution in [2.45, 2.75) is 12.1 Å². The topological polar surface area (TPSA) is 130 Å². The highest BCUT2D eigenvalue weighted by Gasteiger charge is 2.21. The summed E-state index contributed by atoms with van der Waals surface area (Å²) in [6.45, 7) is 0. The number of carbonyl (C=O) groups excluding carboxylic acids is 1. The maximum atomic E-state index is 11.9. The molecule has 0 heterocycles. The SMILES string of the molecule is N[C@H](CSSC[C@@H](NC(=O)c1ccccc1)C(=O)O)C(=O)O. The first-order valence-corrected chi connectivity index (χ1v) is 8.72. The van der Waals surface area contributed by atoms with Crippen LogP contribution in [0, 0.1) is 0 Å². The first kappa shape index (κ1) is 18.3. The molecule has 0 saturated carbocycles. The molecule has 0 aliphatic carbocycles. The van der Waals surface area contributed by atoms with Crippen molar-refractivity contribution in [3.8, 4) is 0 Å². The van der Waals surface area contributed by atoms with Crippen molar-refractivity contribution in [2.24, 2.45) is 5.73 Å². The minimum absolute atomic E-state index is 0.102. The smallest absolute Gasteiger partial charge is 0.327 e. The number of carboxylic acids is 2. The first-order valence-electron chi connectivity index (χ1n) is 6.23. The third-order valence-electron chi connectivity index (χ3n) is 2.52. The molecular weight excluding hydrogens is 328 g/mol. The van der Waals surface area contributed by atoms with Crippen LogP contribution in [0.3, 0.4) is 0 Å². The monoisotopic (exact) mass is 344 g/mol. The Hall–Kier alpha value is -1.71. The summed E-state index contributed by atoms with van der Waals surface area (Å²) in [5, 5.41) is 20.2. The molecule has 1 amide bonds. The zero-order valence-electron chi connectivity index (χ0n) is 11.5. The van der Waals surface area contributed by atoms with Crippen LogP contribution in [0.25, 0.3) is 0 Å². The minimum atomic E-state index is -1.15. The normalized spacial score (nSPS) is 13.1. The Morgan fingerprint density at radius 1 is 1.05 bits per heavy atom. The minimum Gasteiger partial charge on any atom is -0.480 e. The molecule has 22 heavy (non-hydrogen) atoms. The fraction of sp³-hybridized carbons (Fsp3) is 0.308. The van der Waals surface area contributed by atoms with Gasteiger partial charge in [0.15, 0.2) is 0 Å². The molecule has 1 aromatic rings. The molecule has 1 rings (SSSR count). The van der Waals surface area contributed by atoms with Gasteiger partial charge < -0.3 is 21.3 Å². The van der Waals surface area contributed by atoms with Gasteiger partial charge in [0.1, 0.15) is 12.1 Å². The first-order chi connectivity index (χ1) is 10.4. The second-order valence-electron chi connectivity index (χ2n) is 4.24. The molecule has 0 aliphatic heterocycles. The average Bonchev–Trinajstić information content (AvgIpc) is 2.50. The predicted octanol–water partition coefficient (Wildman–Crippen LogP) is 0.663. The van der Waals surface area contributed by atoms with Gasteiger partial charge in [-0.25, -0.2) is 4.79 Å². The molecule has 7 nitrogen and oxygen atoms in total. The molecule has 0 unspecified atom stereocenters. The number of carboxylic acid groups (broad SMARTS) is 2. The maximum Gasteiger partial charge on any atom is 0.327 e. The standard InChI is InChI=1S/C13H16N2O5S2/c14-9(12(17)18)6-21-22-7-10(13(19)20)15-11(16)8-4-2-1-3-5-8/h1-5,9-10H,6-7,14H2,(H,15,16)(H,17,18)(H,19,20)/t9-,10-/m1/s1. The van der Waals surface area contributed by atoms with E-state index in [1.165, 1.54) is 0 Å². The van der Waals surface area contributed by atoms with E-state index < -0.39 is 29.9 Å². The van der Waals surface area contributed by atoms with E-state index in [9.17, 15) is 14.4 Å². The van der Waals surface area contributed by atoms with Crippen molar-refractivity contribution in [1.82, 2.24) is 5.32 Å². The molecule has 0 bridgehead atoms. The number of nitrogens with one attached hydrogen (secondary N) is 1. The van der Waals surface area contributed by atoms with Gasteiger partial charge in [0, 0.05) is 17.1 Å². The fourth-order valence-electron chi connectivity index (χ4n) is 1.31. The molecule has 9 heteroatoms. The van der Waals surface area contributed by atoms with E-state index in [0.717, 1.165) is 21.6 Å². The van der Waals surface area contributed by atoms with Crippen LogP contribution in [0.4, 0.5) is 0 Å². The number of aliphatic carboxylic acids is 2. The van der Waals surface area contributed by atoms with Gasteiger partial charge in [-0.1, -0.05) is 39.8 Å². The van der Waals surface area contributed by atoms with E-state index in [0.29, 0.717) is 5.56 Å². The zero-order valence-corrected chi connectivity index (χ0v) is 13.1. The molecule has 0 radical (unpaired) electrons. The van der Waals surface area contributed by atoms with Crippen LogP contribution in [0.2, 0.25) is 0 Å². The lowest BCUT2D eigenvalue weighted by molar-refractivity contribution is -0.139. The van der Waals surface area contributed by atoms with Crippen LogP contribution in [0.1, 0.15) is 10.4 Å². The lowest BCUT2D eigenvalue weighted by Crippen LogP contribution is -2.42. The van der Waals surface area contributed by atoms with Crippen LogP contribution in [-0.2, 0) is 9.59 Å². The van der Waals surface area contributed by atoms with Gasteiger partial charge in [0.2, 0.25) is 0 Å². The molecule has 0 saturated heterocycles. The van der Waals surface area contributed by atoms with Crippen LogP contribution in [0.15, 0.2) is 30.3 Å². The lowest BCUT2D eigenvalue weighted by atomic mass is 10.2. The Morgan fingerprint density at radius 3 is 2.18 bits per heavy atom. The highest BCUT2D eigenvalue weighted by molar-refractivity contribution is 8.76. The van der Waals surface area contributed by atoms with Crippen LogP contribution < -0.4 is 11.1 Å². The van der Waals surface area contributed by atoms with Crippen molar-refractivity contribution in [1.29, 1.82) is 0 Å². The average molecular weight is 344 g/mol. The van der Waals surface area contributed by atoms with Gasteiger partial charge in [0.05, 0.1) is 0 Å². The van der Waals surface area contributed by atoms with Crippen molar-refractivity contribution >= 4 is 39.4 Å². The highest BCUT2D eigenvalue weighted by atomic mass is 33.1. The molecule has 2 atom stereocenters. The quantitative estimate of drug-likeness (QED) is 0.380. The molecule has 0 aliphatic rings. The zero-order chi connectivity index (χ0) is 16.5. The van der Waals surface area contributed by atoms with Crippen LogP contribution in [-0.4, -0.2) is 51.6 Å². The summed E-state index contributed by atoms with van der Waals surface area (Å²) in [5.41, 5.74) is 5.70. The van der Waals surface area contributed by atoms with Crippen molar-refractivity contribution < 1.29 is 24.6 Å².